The van der Waals surface area contributed by atoms with Gasteiger partial charge in [0.05, 0.1) is 22.8 Å². The Morgan fingerprint density at radius 1 is 1.27 bits per heavy atom. The van der Waals surface area contributed by atoms with Gasteiger partial charge in [-0.25, -0.2) is 8.42 Å². The fourth-order valence-electron chi connectivity index (χ4n) is 3.26. The Hall–Kier alpha value is -2.10. The molecule has 0 fully saturated rings. The Morgan fingerprint density at radius 3 is 2.63 bits per heavy atom. The van der Waals surface area contributed by atoms with Crippen LogP contribution < -0.4 is 15.0 Å². The van der Waals surface area contributed by atoms with Crippen LogP contribution in [0.25, 0.3) is 0 Å². The summed E-state index contributed by atoms with van der Waals surface area (Å²) in [6.07, 6.45) is 0.437. The van der Waals surface area contributed by atoms with E-state index in [1.165, 1.54) is 26.2 Å². The van der Waals surface area contributed by atoms with Gasteiger partial charge >= 0.3 is 0 Å². The van der Waals surface area contributed by atoms with E-state index in [4.69, 9.17) is 16.3 Å². The highest BCUT2D eigenvalue weighted by atomic mass is 79.9. The number of methoxy groups -OCH3 is 1. The molecule has 1 aliphatic rings. The number of nitrogens with one attached hydrogen (secondary N) is 1. The molecule has 0 spiro atoms. The Bertz CT molecular complexity index is 1120. The molecule has 2 aromatic carbocycles. The van der Waals surface area contributed by atoms with Gasteiger partial charge in [0.2, 0.25) is 11.8 Å². The molecule has 0 bridgehead atoms. The molecule has 7 nitrogen and oxygen atoms in total. The smallest absolute Gasteiger partial charge is 0.225 e. The highest BCUT2D eigenvalue weighted by molar-refractivity contribution is 9.10. The van der Waals surface area contributed by atoms with Crippen LogP contribution >= 0.6 is 27.5 Å². The van der Waals surface area contributed by atoms with Crippen molar-refractivity contribution in [2.75, 3.05) is 29.6 Å². The van der Waals surface area contributed by atoms with E-state index < -0.39 is 15.7 Å². The molecule has 10 heteroatoms. The molecule has 0 unspecified atom stereocenters. The Morgan fingerprint density at radius 2 is 2.00 bits per heavy atom. The summed E-state index contributed by atoms with van der Waals surface area (Å²) in [5, 5.41) is 2.96. The number of hydrogen-bond acceptors (Lipinski definition) is 5. The summed E-state index contributed by atoms with van der Waals surface area (Å²) in [6.45, 7) is 1.97. The second-order valence-corrected chi connectivity index (χ2v) is 10.1. The van der Waals surface area contributed by atoms with E-state index in [-0.39, 0.29) is 23.0 Å². The van der Waals surface area contributed by atoms with Crippen LogP contribution in [0, 0.1) is 0 Å². The van der Waals surface area contributed by atoms with Gasteiger partial charge in [-0.15, -0.1) is 0 Å². The van der Waals surface area contributed by atoms with Crippen molar-refractivity contribution in [2.24, 2.45) is 0 Å². The zero-order valence-electron chi connectivity index (χ0n) is 16.4. The fourth-order valence-corrected chi connectivity index (χ4v) is 5.97. The number of nitrogens with zero attached hydrogens (tertiary/aromatic N) is 1. The fraction of sp³-hybridized carbons (Fsp3) is 0.300. The third kappa shape index (κ3) is 4.79. The third-order valence-electron chi connectivity index (χ3n) is 4.78. The van der Waals surface area contributed by atoms with E-state index in [0.29, 0.717) is 39.6 Å². The maximum Gasteiger partial charge on any atom is 0.225 e. The van der Waals surface area contributed by atoms with Crippen molar-refractivity contribution in [1.29, 1.82) is 0 Å². The van der Waals surface area contributed by atoms with E-state index >= 15 is 0 Å². The van der Waals surface area contributed by atoms with Crippen LogP contribution in [0.15, 0.2) is 39.7 Å². The minimum absolute atomic E-state index is 0.0645. The van der Waals surface area contributed by atoms with Crippen molar-refractivity contribution >= 4 is 60.6 Å². The molecular formula is C20H20BrClN2O5S. The molecule has 0 atom stereocenters. The minimum atomic E-state index is -3.76. The normalized spacial score (nSPS) is 13.1. The predicted octanol–water partition coefficient (Wildman–Crippen LogP) is 3.82. The van der Waals surface area contributed by atoms with E-state index in [1.54, 1.807) is 23.1 Å². The van der Waals surface area contributed by atoms with E-state index in [9.17, 15) is 18.0 Å². The number of fused-ring (bicyclic) bond motifs is 1. The van der Waals surface area contributed by atoms with Crippen LogP contribution in [0.1, 0.15) is 18.9 Å². The van der Waals surface area contributed by atoms with Crippen molar-refractivity contribution in [3.63, 3.8) is 0 Å². The number of carbonyl (C=O) groups is 2. The lowest BCUT2D eigenvalue weighted by Gasteiger charge is -2.16. The summed E-state index contributed by atoms with van der Waals surface area (Å²) in [5.74, 6) is -0.502. The maximum absolute atomic E-state index is 12.9. The minimum Gasteiger partial charge on any atom is -0.495 e. The first-order valence-corrected chi connectivity index (χ1v) is 11.9. The first kappa shape index (κ1) is 22.6. The molecule has 2 aromatic rings. The molecule has 0 aliphatic carbocycles. The molecule has 3 rings (SSSR count). The molecule has 2 amide bonds. The van der Waals surface area contributed by atoms with Crippen LogP contribution in [0.4, 0.5) is 11.4 Å². The molecule has 0 saturated heterocycles. The van der Waals surface area contributed by atoms with Crippen LogP contribution in [0.3, 0.4) is 0 Å². The number of hydrogen-bond donors (Lipinski definition) is 1. The third-order valence-corrected chi connectivity index (χ3v) is 7.74. The highest BCUT2D eigenvalue weighted by Gasteiger charge is 2.27. The topological polar surface area (TPSA) is 92.8 Å². The lowest BCUT2D eigenvalue weighted by molar-refractivity contribution is -0.117. The number of amides is 2. The monoisotopic (exact) mass is 514 g/mol. The van der Waals surface area contributed by atoms with Crippen molar-refractivity contribution in [3.8, 4) is 5.75 Å². The predicted molar refractivity (Wildman–Crippen MR) is 119 cm³/mol. The molecule has 160 valence electrons. The second-order valence-electron chi connectivity index (χ2n) is 6.80. The molecule has 30 heavy (non-hydrogen) atoms. The molecule has 0 aromatic heterocycles. The quantitative estimate of drug-likeness (QED) is 0.631. The van der Waals surface area contributed by atoms with Crippen LogP contribution in [-0.2, 0) is 25.8 Å². The van der Waals surface area contributed by atoms with Gasteiger partial charge in [0.25, 0.3) is 0 Å². The molecule has 1 N–H and O–H groups in total. The van der Waals surface area contributed by atoms with Gasteiger partial charge in [0, 0.05) is 35.7 Å². The average Bonchev–Trinajstić information content (AvgIpc) is 3.09. The standard InChI is InChI=1S/C20H20BrClN2O5S/c1-12(25)24-7-5-13-9-15(21)19(11-17(13)24)30(27,28)8-6-20(26)23-14-3-4-18(29-2)16(22)10-14/h3-4,9-11H,5-8H2,1-2H3,(H,23,26). The number of sulfone groups is 1. The Labute approximate surface area is 188 Å². The lowest BCUT2D eigenvalue weighted by Crippen LogP contribution is -2.26. The number of benzene rings is 2. The van der Waals surface area contributed by atoms with Gasteiger partial charge in [-0.3, -0.25) is 9.59 Å². The summed E-state index contributed by atoms with van der Waals surface area (Å²) in [5.41, 5.74) is 1.95. The highest BCUT2D eigenvalue weighted by Crippen LogP contribution is 2.36. The van der Waals surface area contributed by atoms with Gasteiger partial charge in [-0.1, -0.05) is 11.6 Å². The number of ether oxygens (including phenoxy) is 1. The summed E-state index contributed by atoms with van der Waals surface area (Å²) < 4.78 is 31.2. The second kappa shape index (κ2) is 8.95. The maximum atomic E-state index is 12.9. The van der Waals surface area contributed by atoms with Gasteiger partial charge in [-0.2, -0.15) is 0 Å². The Kier molecular flexibility index (Phi) is 6.74. The Balaban J connectivity index is 1.72. The molecular weight excluding hydrogens is 496 g/mol. The van der Waals surface area contributed by atoms with Crippen molar-refractivity contribution in [3.05, 3.63) is 45.4 Å². The summed E-state index contributed by atoms with van der Waals surface area (Å²) >= 11 is 9.35. The van der Waals surface area contributed by atoms with Gasteiger partial charge in [0.1, 0.15) is 5.75 Å². The van der Waals surface area contributed by atoms with Crippen LogP contribution in [0.2, 0.25) is 5.02 Å². The number of halogens is 2. The van der Waals surface area contributed by atoms with Gasteiger partial charge in [-0.05, 0) is 58.2 Å². The average molecular weight is 516 g/mol. The number of anilines is 2. The molecule has 0 radical (unpaired) electrons. The van der Waals surface area contributed by atoms with E-state index in [2.05, 4.69) is 21.2 Å². The summed E-state index contributed by atoms with van der Waals surface area (Å²) in [4.78, 5) is 25.7. The molecule has 1 heterocycles. The van der Waals surface area contributed by atoms with Crippen molar-refractivity contribution < 1.29 is 22.7 Å². The summed E-state index contributed by atoms with van der Waals surface area (Å²) in [6, 6.07) is 7.98. The van der Waals surface area contributed by atoms with Gasteiger partial charge in [0.15, 0.2) is 9.84 Å². The number of rotatable bonds is 6. The van der Waals surface area contributed by atoms with Crippen LogP contribution in [-0.4, -0.2) is 39.6 Å². The SMILES string of the molecule is COc1ccc(NC(=O)CCS(=O)(=O)c2cc3c(cc2Br)CCN3C(C)=O)cc1Cl. The first-order chi connectivity index (χ1) is 14.1. The zero-order chi connectivity index (χ0) is 22.1. The van der Waals surface area contributed by atoms with Gasteiger partial charge < -0.3 is 15.0 Å². The summed E-state index contributed by atoms with van der Waals surface area (Å²) in [7, 11) is -2.28. The molecule has 1 aliphatic heterocycles. The van der Waals surface area contributed by atoms with Crippen molar-refractivity contribution in [1.82, 2.24) is 0 Å². The lowest BCUT2D eigenvalue weighted by atomic mass is 10.2. The first-order valence-electron chi connectivity index (χ1n) is 9.09. The van der Waals surface area contributed by atoms with E-state index in [1.807, 2.05) is 0 Å². The largest absolute Gasteiger partial charge is 0.495 e. The number of carbonyl (C=O) groups excluding carboxylic acids is 2. The van der Waals surface area contributed by atoms with E-state index in [0.717, 1.165) is 5.56 Å². The van der Waals surface area contributed by atoms with Crippen LogP contribution in [0.5, 0.6) is 5.75 Å². The molecule has 0 saturated carbocycles. The zero-order valence-corrected chi connectivity index (χ0v) is 19.5. The van der Waals surface area contributed by atoms with Crippen molar-refractivity contribution in [2.45, 2.75) is 24.7 Å².